The molecule has 1 aromatic carbocycles. The highest BCUT2D eigenvalue weighted by Crippen LogP contribution is 2.38. The molecule has 1 aromatic rings. The summed E-state index contributed by atoms with van der Waals surface area (Å²) in [5.74, 6) is -1.31. The predicted octanol–water partition coefficient (Wildman–Crippen LogP) is 1.06. The maximum absolute atomic E-state index is 12.7. The van der Waals surface area contributed by atoms with Crippen LogP contribution in [0.3, 0.4) is 0 Å². The first-order valence-corrected chi connectivity index (χ1v) is 12.2. The lowest BCUT2D eigenvalue weighted by Crippen LogP contribution is -2.38. The fourth-order valence-electron chi connectivity index (χ4n) is 4.78. The Labute approximate surface area is 176 Å². The topological polar surface area (TPSA) is 104 Å². The van der Waals surface area contributed by atoms with E-state index in [4.69, 9.17) is 0 Å². The number of carbonyl (C=O) groups is 3. The number of amides is 3. The molecule has 0 aromatic heterocycles. The smallest absolute Gasteiger partial charge is 0.236 e. The van der Waals surface area contributed by atoms with Crippen molar-refractivity contribution in [3.05, 3.63) is 29.8 Å². The van der Waals surface area contributed by atoms with Crippen LogP contribution in [0.25, 0.3) is 0 Å². The van der Waals surface area contributed by atoms with Crippen LogP contribution in [0.15, 0.2) is 24.3 Å². The Balaban J connectivity index is 1.25. The van der Waals surface area contributed by atoms with E-state index >= 15 is 0 Å². The minimum absolute atomic E-state index is 0.00697. The summed E-state index contributed by atoms with van der Waals surface area (Å²) < 4.78 is 26.7. The molecule has 2 fully saturated rings. The molecule has 1 saturated carbocycles. The van der Waals surface area contributed by atoms with Crippen LogP contribution < -0.4 is 9.62 Å². The zero-order valence-electron chi connectivity index (χ0n) is 16.9. The van der Waals surface area contributed by atoms with Crippen molar-refractivity contribution in [3.63, 3.8) is 0 Å². The molecule has 2 atom stereocenters. The minimum atomic E-state index is -3.53. The van der Waals surface area contributed by atoms with Crippen LogP contribution in [0.5, 0.6) is 0 Å². The molecular weight excluding hydrogens is 406 g/mol. The van der Waals surface area contributed by atoms with Crippen molar-refractivity contribution >= 4 is 33.4 Å². The summed E-state index contributed by atoms with van der Waals surface area (Å²) in [7, 11) is -3.53. The first-order valence-electron chi connectivity index (χ1n) is 10.6. The van der Waals surface area contributed by atoms with Gasteiger partial charge in [-0.05, 0) is 30.9 Å². The Hall–Kier alpha value is -2.42. The molecule has 8 nitrogen and oxygen atoms in total. The zero-order chi connectivity index (χ0) is 21.3. The molecule has 30 heavy (non-hydrogen) atoms. The Kier molecular flexibility index (Phi) is 5.81. The molecule has 2 unspecified atom stereocenters. The van der Waals surface area contributed by atoms with E-state index in [9.17, 15) is 22.8 Å². The normalized spacial score (nSPS) is 23.5. The van der Waals surface area contributed by atoms with Crippen LogP contribution >= 0.6 is 0 Å². The highest BCUT2D eigenvalue weighted by atomic mass is 32.2. The standard InChI is InChI=1S/C21H27N3O5S/c25-19(10-12-23-20(26)16-6-2-3-7-17(16)21(23)27)22-11-14-30(28,29)24-13-9-15-5-1-4-8-18(15)24/h1,4-5,8,16-17H,2-3,6-7,9-14H2,(H,22,25). The van der Waals surface area contributed by atoms with E-state index < -0.39 is 10.0 Å². The Morgan fingerprint density at radius 1 is 1.07 bits per heavy atom. The summed E-state index contributed by atoms with van der Waals surface area (Å²) in [6.07, 6.45) is 4.09. The van der Waals surface area contributed by atoms with Gasteiger partial charge in [0.15, 0.2) is 0 Å². The van der Waals surface area contributed by atoms with Gasteiger partial charge in [0.1, 0.15) is 0 Å². The van der Waals surface area contributed by atoms with Gasteiger partial charge in [0.25, 0.3) is 0 Å². The number of likely N-dealkylation sites (tertiary alicyclic amines) is 1. The molecule has 2 aliphatic heterocycles. The monoisotopic (exact) mass is 433 g/mol. The average Bonchev–Trinajstić information content (AvgIpc) is 3.27. The first kappa shape index (κ1) is 20.8. The lowest BCUT2D eigenvalue weighted by molar-refractivity contribution is -0.140. The summed E-state index contributed by atoms with van der Waals surface area (Å²) in [6.45, 7) is 0.465. The van der Waals surface area contributed by atoms with Gasteiger partial charge in [-0.2, -0.15) is 0 Å². The van der Waals surface area contributed by atoms with Gasteiger partial charge < -0.3 is 5.32 Å². The van der Waals surface area contributed by atoms with Gasteiger partial charge in [-0.15, -0.1) is 0 Å². The number of sulfonamides is 1. The van der Waals surface area contributed by atoms with E-state index in [1.807, 2.05) is 18.2 Å². The molecule has 4 rings (SSSR count). The second-order valence-electron chi connectivity index (χ2n) is 8.19. The van der Waals surface area contributed by atoms with Crippen molar-refractivity contribution in [1.29, 1.82) is 0 Å². The van der Waals surface area contributed by atoms with E-state index in [-0.39, 0.29) is 54.8 Å². The minimum Gasteiger partial charge on any atom is -0.355 e. The first-order chi connectivity index (χ1) is 14.4. The average molecular weight is 434 g/mol. The summed E-state index contributed by atoms with van der Waals surface area (Å²) in [5.41, 5.74) is 1.71. The number of nitrogens with zero attached hydrogens (tertiary/aromatic N) is 2. The molecule has 9 heteroatoms. The van der Waals surface area contributed by atoms with Gasteiger partial charge >= 0.3 is 0 Å². The molecule has 0 radical (unpaired) electrons. The number of fused-ring (bicyclic) bond motifs is 2. The van der Waals surface area contributed by atoms with Gasteiger partial charge in [0, 0.05) is 26.1 Å². The number of para-hydroxylation sites is 1. The predicted molar refractivity (Wildman–Crippen MR) is 111 cm³/mol. The lowest BCUT2D eigenvalue weighted by atomic mass is 9.81. The zero-order valence-corrected chi connectivity index (χ0v) is 17.7. The van der Waals surface area contributed by atoms with Gasteiger partial charge in [0.2, 0.25) is 27.7 Å². The molecule has 1 saturated heterocycles. The van der Waals surface area contributed by atoms with Crippen LogP contribution in [0.2, 0.25) is 0 Å². The fourth-order valence-corrected chi connectivity index (χ4v) is 6.21. The fraction of sp³-hybridized carbons (Fsp3) is 0.571. The van der Waals surface area contributed by atoms with Gasteiger partial charge in [-0.3, -0.25) is 23.6 Å². The number of nitrogens with one attached hydrogen (secondary N) is 1. The maximum atomic E-state index is 12.7. The van der Waals surface area contributed by atoms with Gasteiger partial charge in [-0.1, -0.05) is 31.0 Å². The maximum Gasteiger partial charge on any atom is 0.236 e. The lowest BCUT2D eigenvalue weighted by Gasteiger charge is -2.19. The largest absolute Gasteiger partial charge is 0.355 e. The molecule has 0 spiro atoms. The molecule has 3 amide bonds. The van der Waals surface area contributed by atoms with E-state index in [1.165, 1.54) is 9.21 Å². The second kappa shape index (κ2) is 8.37. The van der Waals surface area contributed by atoms with Crippen LogP contribution in [0, 0.1) is 11.8 Å². The molecule has 162 valence electrons. The van der Waals surface area contributed by atoms with E-state index in [0.717, 1.165) is 31.2 Å². The SMILES string of the molecule is O=C(CCN1C(=O)C2CCCCC2C1=O)NCCS(=O)(=O)N1CCc2ccccc21. The molecular formula is C21H27N3O5S. The van der Waals surface area contributed by atoms with Crippen molar-refractivity contribution < 1.29 is 22.8 Å². The van der Waals surface area contributed by atoms with Crippen LogP contribution in [-0.4, -0.2) is 56.4 Å². The number of carbonyl (C=O) groups excluding carboxylic acids is 3. The third kappa shape index (κ3) is 3.95. The van der Waals surface area contributed by atoms with E-state index in [1.54, 1.807) is 6.07 Å². The second-order valence-corrected chi connectivity index (χ2v) is 10.2. The number of hydrogen-bond acceptors (Lipinski definition) is 5. The molecule has 2 heterocycles. The molecule has 0 bridgehead atoms. The molecule has 3 aliphatic rings. The van der Waals surface area contributed by atoms with Crippen molar-refractivity contribution in [1.82, 2.24) is 10.2 Å². The van der Waals surface area contributed by atoms with Crippen LogP contribution in [0.4, 0.5) is 5.69 Å². The number of rotatable bonds is 7. The third-order valence-electron chi connectivity index (χ3n) is 6.36. The van der Waals surface area contributed by atoms with Crippen molar-refractivity contribution in [2.75, 3.05) is 29.7 Å². The number of anilines is 1. The van der Waals surface area contributed by atoms with Gasteiger partial charge in [-0.25, -0.2) is 8.42 Å². The summed E-state index contributed by atoms with van der Waals surface area (Å²) in [4.78, 5) is 38.3. The highest BCUT2D eigenvalue weighted by molar-refractivity contribution is 7.92. The van der Waals surface area contributed by atoms with E-state index in [2.05, 4.69) is 5.32 Å². The third-order valence-corrected chi connectivity index (χ3v) is 8.13. The Morgan fingerprint density at radius 2 is 1.73 bits per heavy atom. The quantitative estimate of drug-likeness (QED) is 0.648. The van der Waals surface area contributed by atoms with E-state index in [0.29, 0.717) is 18.7 Å². The number of benzene rings is 1. The van der Waals surface area contributed by atoms with Crippen LogP contribution in [-0.2, 0) is 30.8 Å². The molecule has 1 N–H and O–H groups in total. The summed E-state index contributed by atoms with van der Waals surface area (Å²) in [5, 5.41) is 2.61. The van der Waals surface area contributed by atoms with Crippen molar-refractivity contribution in [2.45, 2.75) is 38.5 Å². The van der Waals surface area contributed by atoms with Crippen molar-refractivity contribution in [2.24, 2.45) is 11.8 Å². The van der Waals surface area contributed by atoms with Crippen molar-refractivity contribution in [3.8, 4) is 0 Å². The highest BCUT2D eigenvalue weighted by Gasteiger charge is 2.47. The van der Waals surface area contributed by atoms with Gasteiger partial charge in [0.05, 0.1) is 23.3 Å². The number of hydrogen-bond donors (Lipinski definition) is 1. The summed E-state index contributed by atoms with van der Waals surface area (Å²) in [6, 6.07) is 7.41. The van der Waals surface area contributed by atoms with Crippen LogP contribution in [0.1, 0.15) is 37.7 Å². The molecule has 1 aliphatic carbocycles. The number of imide groups is 1. The Morgan fingerprint density at radius 3 is 2.43 bits per heavy atom. The Bertz CT molecular complexity index is 937. The summed E-state index contributed by atoms with van der Waals surface area (Å²) >= 11 is 0.